The Bertz CT molecular complexity index is 556. The average molecular weight is 275 g/mol. The first kappa shape index (κ1) is 14.1. The van der Waals surface area contributed by atoms with Crippen LogP contribution in [0.1, 0.15) is 16.8 Å². The molecule has 20 heavy (non-hydrogen) atoms. The van der Waals surface area contributed by atoms with Gasteiger partial charge in [-0.25, -0.2) is 0 Å². The third-order valence-corrected chi connectivity index (χ3v) is 2.92. The molecular formula is C13H17N5O2. The number of hydrogen-bond acceptors (Lipinski definition) is 5. The summed E-state index contributed by atoms with van der Waals surface area (Å²) < 4.78 is 6.47. The van der Waals surface area contributed by atoms with Gasteiger partial charge in [0, 0.05) is 27.3 Å². The lowest BCUT2D eigenvalue weighted by Gasteiger charge is -2.18. The van der Waals surface area contributed by atoms with Crippen molar-refractivity contribution in [1.82, 2.24) is 25.1 Å². The number of hydrogen-bond donors (Lipinski definition) is 0. The highest BCUT2D eigenvalue weighted by molar-refractivity contribution is 5.97. The number of carbonyl (C=O) groups is 1. The van der Waals surface area contributed by atoms with Gasteiger partial charge in [-0.05, 0) is 29.0 Å². The third-order valence-electron chi connectivity index (χ3n) is 2.92. The second kappa shape index (κ2) is 6.76. The van der Waals surface area contributed by atoms with E-state index in [2.05, 4.69) is 15.5 Å². The number of aromatic nitrogens is 4. The highest BCUT2D eigenvalue weighted by atomic mass is 16.5. The summed E-state index contributed by atoms with van der Waals surface area (Å²) in [5, 5.41) is 11.0. The van der Waals surface area contributed by atoms with E-state index < -0.39 is 0 Å². The molecule has 1 amide bonds. The van der Waals surface area contributed by atoms with Crippen LogP contribution in [0.3, 0.4) is 0 Å². The van der Waals surface area contributed by atoms with Gasteiger partial charge in [0.15, 0.2) is 0 Å². The van der Waals surface area contributed by atoms with Gasteiger partial charge in [0.05, 0.1) is 11.3 Å². The number of benzene rings is 1. The summed E-state index contributed by atoms with van der Waals surface area (Å²) in [5.74, 6) is -0.0628. The predicted octanol–water partition coefficient (Wildman–Crippen LogP) is 0.771. The number of amides is 1. The smallest absolute Gasteiger partial charge is 0.255 e. The maximum Gasteiger partial charge on any atom is 0.255 e. The molecule has 2 aromatic rings. The molecule has 0 unspecified atom stereocenters. The van der Waals surface area contributed by atoms with Crippen molar-refractivity contribution in [3.05, 3.63) is 36.2 Å². The summed E-state index contributed by atoms with van der Waals surface area (Å²) in [5.41, 5.74) is 1.24. The molecule has 2 rings (SSSR count). The Morgan fingerprint density at radius 1 is 1.40 bits per heavy atom. The number of carbonyl (C=O) groups excluding carboxylic acids is 1. The molecular weight excluding hydrogens is 258 g/mol. The van der Waals surface area contributed by atoms with E-state index in [0.29, 0.717) is 24.4 Å². The predicted molar refractivity (Wildman–Crippen MR) is 72.6 cm³/mol. The Balaban J connectivity index is 2.18. The molecule has 0 fully saturated rings. The van der Waals surface area contributed by atoms with Crippen molar-refractivity contribution in [2.75, 3.05) is 27.3 Å². The summed E-state index contributed by atoms with van der Waals surface area (Å²) >= 11 is 0. The van der Waals surface area contributed by atoms with E-state index in [-0.39, 0.29) is 5.91 Å². The lowest BCUT2D eigenvalue weighted by atomic mass is 10.1. The molecule has 0 aliphatic carbocycles. The normalized spacial score (nSPS) is 10.5. The summed E-state index contributed by atoms with van der Waals surface area (Å²) in [6.07, 6.45) is 2.27. The molecule has 0 N–H and O–H groups in total. The Hall–Kier alpha value is -2.28. The van der Waals surface area contributed by atoms with Crippen LogP contribution in [0.4, 0.5) is 0 Å². The van der Waals surface area contributed by atoms with Crippen LogP contribution in [-0.4, -0.2) is 58.3 Å². The first-order chi connectivity index (χ1) is 9.74. The molecule has 0 spiro atoms. The Morgan fingerprint density at radius 3 is 2.90 bits per heavy atom. The Labute approximate surface area is 117 Å². The van der Waals surface area contributed by atoms with Crippen molar-refractivity contribution in [1.29, 1.82) is 0 Å². The number of rotatable bonds is 6. The van der Waals surface area contributed by atoms with E-state index >= 15 is 0 Å². The van der Waals surface area contributed by atoms with Crippen LogP contribution in [0.2, 0.25) is 0 Å². The molecule has 7 nitrogen and oxygen atoms in total. The minimum atomic E-state index is -0.0628. The van der Waals surface area contributed by atoms with E-state index in [1.807, 2.05) is 18.2 Å². The first-order valence-corrected chi connectivity index (χ1v) is 6.31. The summed E-state index contributed by atoms with van der Waals surface area (Å²) in [6, 6.07) is 7.25. The van der Waals surface area contributed by atoms with Crippen molar-refractivity contribution in [2.45, 2.75) is 6.42 Å². The van der Waals surface area contributed by atoms with E-state index in [9.17, 15) is 4.79 Å². The van der Waals surface area contributed by atoms with E-state index in [1.165, 1.54) is 11.0 Å². The van der Waals surface area contributed by atoms with Crippen LogP contribution in [0.15, 0.2) is 30.6 Å². The van der Waals surface area contributed by atoms with Crippen LogP contribution in [0.5, 0.6) is 0 Å². The van der Waals surface area contributed by atoms with Gasteiger partial charge in [-0.3, -0.25) is 4.79 Å². The maximum atomic E-state index is 12.5. The molecule has 7 heteroatoms. The topological polar surface area (TPSA) is 73.1 Å². The van der Waals surface area contributed by atoms with Gasteiger partial charge >= 0.3 is 0 Å². The quantitative estimate of drug-likeness (QED) is 0.728. The number of para-hydroxylation sites is 1. The highest BCUT2D eigenvalue weighted by Crippen LogP contribution is 2.14. The fraction of sp³-hybridized carbons (Fsp3) is 0.385. The zero-order chi connectivity index (χ0) is 14.4. The van der Waals surface area contributed by atoms with Gasteiger partial charge in [0.25, 0.3) is 5.91 Å². The van der Waals surface area contributed by atoms with Crippen LogP contribution in [0, 0.1) is 0 Å². The van der Waals surface area contributed by atoms with E-state index in [1.54, 1.807) is 25.1 Å². The number of nitrogens with zero attached hydrogens (tertiary/aromatic N) is 5. The summed E-state index contributed by atoms with van der Waals surface area (Å²) in [4.78, 5) is 14.1. The Morgan fingerprint density at radius 2 is 2.20 bits per heavy atom. The van der Waals surface area contributed by atoms with Crippen molar-refractivity contribution in [2.24, 2.45) is 0 Å². The molecule has 0 saturated heterocycles. The lowest BCUT2D eigenvalue weighted by molar-refractivity contribution is 0.0779. The molecule has 0 bridgehead atoms. The minimum Gasteiger partial charge on any atom is -0.385 e. The summed E-state index contributed by atoms with van der Waals surface area (Å²) in [6.45, 7) is 1.27. The van der Waals surface area contributed by atoms with Crippen molar-refractivity contribution in [3.8, 4) is 5.69 Å². The van der Waals surface area contributed by atoms with Crippen LogP contribution < -0.4 is 0 Å². The fourth-order valence-electron chi connectivity index (χ4n) is 1.88. The SMILES string of the molecule is COCCCN(C)C(=O)c1ccccc1-n1cnnn1. The fourth-order valence-corrected chi connectivity index (χ4v) is 1.88. The van der Waals surface area contributed by atoms with Crippen LogP contribution >= 0.6 is 0 Å². The van der Waals surface area contributed by atoms with Gasteiger partial charge in [-0.2, -0.15) is 4.68 Å². The van der Waals surface area contributed by atoms with Gasteiger partial charge in [0.1, 0.15) is 6.33 Å². The van der Waals surface area contributed by atoms with Crippen molar-refractivity contribution >= 4 is 5.91 Å². The number of ether oxygens (including phenoxy) is 1. The van der Waals surface area contributed by atoms with Gasteiger partial charge in [-0.1, -0.05) is 12.1 Å². The molecule has 0 radical (unpaired) electrons. The molecule has 0 aliphatic heterocycles. The number of methoxy groups -OCH3 is 1. The third kappa shape index (κ3) is 3.18. The van der Waals surface area contributed by atoms with E-state index in [0.717, 1.165) is 6.42 Å². The highest BCUT2D eigenvalue weighted by Gasteiger charge is 2.16. The Kier molecular flexibility index (Phi) is 4.78. The van der Waals surface area contributed by atoms with E-state index in [4.69, 9.17) is 4.74 Å². The second-order valence-corrected chi connectivity index (χ2v) is 4.34. The maximum absolute atomic E-state index is 12.5. The largest absolute Gasteiger partial charge is 0.385 e. The first-order valence-electron chi connectivity index (χ1n) is 6.31. The zero-order valence-corrected chi connectivity index (χ0v) is 11.6. The molecule has 0 saturated carbocycles. The molecule has 1 heterocycles. The van der Waals surface area contributed by atoms with Crippen LogP contribution in [0.25, 0.3) is 5.69 Å². The number of tetrazole rings is 1. The molecule has 0 aliphatic rings. The molecule has 0 atom stereocenters. The molecule has 106 valence electrons. The minimum absolute atomic E-state index is 0.0628. The van der Waals surface area contributed by atoms with Crippen molar-refractivity contribution < 1.29 is 9.53 Å². The second-order valence-electron chi connectivity index (χ2n) is 4.34. The van der Waals surface area contributed by atoms with Crippen LogP contribution in [-0.2, 0) is 4.74 Å². The average Bonchev–Trinajstić information content (AvgIpc) is 3.00. The van der Waals surface area contributed by atoms with Gasteiger partial charge in [0.2, 0.25) is 0 Å². The monoisotopic (exact) mass is 275 g/mol. The van der Waals surface area contributed by atoms with Gasteiger partial charge in [-0.15, -0.1) is 5.10 Å². The summed E-state index contributed by atoms with van der Waals surface area (Å²) in [7, 11) is 3.42. The molecule has 1 aromatic carbocycles. The van der Waals surface area contributed by atoms with Gasteiger partial charge < -0.3 is 9.64 Å². The standard InChI is InChI=1S/C13H17N5O2/c1-17(8-5-9-20-2)13(19)11-6-3-4-7-12(11)18-10-14-15-16-18/h3-4,6-7,10H,5,8-9H2,1-2H3. The van der Waals surface area contributed by atoms with Crippen molar-refractivity contribution in [3.63, 3.8) is 0 Å². The lowest BCUT2D eigenvalue weighted by Crippen LogP contribution is -2.29. The molecule has 1 aromatic heterocycles. The zero-order valence-electron chi connectivity index (χ0n) is 11.6.